The Morgan fingerprint density at radius 2 is 1.66 bits per heavy atom. The largest absolute Gasteiger partial charge is 0.448 e. The van der Waals surface area contributed by atoms with Crippen molar-refractivity contribution in [3.8, 4) is 11.5 Å². The Labute approximate surface area is 186 Å². The van der Waals surface area contributed by atoms with Crippen LogP contribution in [0.3, 0.4) is 0 Å². The highest BCUT2D eigenvalue weighted by atomic mass is 16.5. The highest BCUT2D eigenvalue weighted by molar-refractivity contribution is 5.97. The maximum absolute atomic E-state index is 12.5. The van der Waals surface area contributed by atoms with Crippen molar-refractivity contribution in [2.75, 3.05) is 11.9 Å². The molecule has 32 heavy (non-hydrogen) atoms. The predicted molar refractivity (Wildman–Crippen MR) is 119 cm³/mol. The standard InChI is InChI=1S/C24H25N3O5/c1-14-9-8-10-15(2)20(14)26-19(28)13-25-22(29)17(4)32-24(30)21-16(3)31-23(27-21)18-11-6-5-7-12-18/h5-12,17H,13H2,1-4H3,(H,25,29)(H,26,28)/t17-/m0/s1. The molecule has 0 aliphatic rings. The Balaban J connectivity index is 1.55. The van der Waals surface area contributed by atoms with Crippen LogP contribution < -0.4 is 10.6 Å². The van der Waals surface area contributed by atoms with E-state index in [1.54, 1.807) is 19.1 Å². The minimum atomic E-state index is -1.12. The number of nitrogens with zero attached hydrogens (tertiary/aromatic N) is 1. The first kappa shape index (κ1) is 22.7. The number of esters is 1. The second kappa shape index (κ2) is 9.91. The van der Waals surface area contributed by atoms with Crippen LogP contribution >= 0.6 is 0 Å². The van der Waals surface area contributed by atoms with Gasteiger partial charge in [-0.25, -0.2) is 9.78 Å². The Hall–Kier alpha value is -3.94. The van der Waals surface area contributed by atoms with Crippen LogP contribution in [-0.2, 0) is 14.3 Å². The maximum Gasteiger partial charge on any atom is 0.361 e. The van der Waals surface area contributed by atoms with E-state index in [-0.39, 0.29) is 29.8 Å². The number of benzene rings is 2. The first-order valence-corrected chi connectivity index (χ1v) is 10.1. The summed E-state index contributed by atoms with van der Waals surface area (Å²) in [4.78, 5) is 41.2. The summed E-state index contributed by atoms with van der Waals surface area (Å²) in [7, 11) is 0. The number of amides is 2. The van der Waals surface area contributed by atoms with Crippen molar-refractivity contribution in [3.63, 3.8) is 0 Å². The third-order valence-electron chi connectivity index (χ3n) is 4.83. The van der Waals surface area contributed by atoms with Gasteiger partial charge in [-0.05, 0) is 51.0 Å². The number of aryl methyl sites for hydroxylation is 3. The van der Waals surface area contributed by atoms with Crippen LogP contribution in [0.25, 0.3) is 11.5 Å². The first-order valence-electron chi connectivity index (χ1n) is 10.1. The van der Waals surface area contributed by atoms with E-state index in [9.17, 15) is 14.4 Å². The fourth-order valence-corrected chi connectivity index (χ4v) is 3.07. The number of carbonyl (C=O) groups is 3. The van der Waals surface area contributed by atoms with Gasteiger partial charge < -0.3 is 19.8 Å². The zero-order chi connectivity index (χ0) is 23.3. The molecule has 0 saturated carbocycles. The number of oxazole rings is 1. The van der Waals surface area contributed by atoms with Crippen LogP contribution in [0.4, 0.5) is 5.69 Å². The molecule has 8 heteroatoms. The normalized spacial score (nSPS) is 11.5. The molecule has 0 aliphatic heterocycles. The second-order valence-corrected chi connectivity index (χ2v) is 7.37. The number of carbonyl (C=O) groups excluding carboxylic acids is 3. The molecule has 8 nitrogen and oxygen atoms in total. The van der Waals surface area contributed by atoms with E-state index in [1.165, 1.54) is 6.92 Å². The van der Waals surface area contributed by atoms with Crippen molar-refractivity contribution in [1.82, 2.24) is 10.3 Å². The maximum atomic E-state index is 12.5. The minimum absolute atomic E-state index is 0.00345. The molecule has 0 fully saturated rings. The van der Waals surface area contributed by atoms with Gasteiger partial charge in [-0.15, -0.1) is 0 Å². The lowest BCUT2D eigenvalue weighted by Gasteiger charge is -2.14. The van der Waals surface area contributed by atoms with Crippen LogP contribution in [0.5, 0.6) is 0 Å². The fraction of sp³-hybridized carbons (Fsp3) is 0.250. The molecule has 2 aromatic carbocycles. The Bertz CT molecular complexity index is 1120. The van der Waals surface area contributed by atoms with E-state index in [0.29, 0.717) is 5.69 Å². The molecular weight excluding hydrogens is 410 g/mol. The van der Waals surface area contributed by atoms with Gasteiger partial charge in [0.15, 0.2) is 11.8 Å². The number of hydrogen-bond acceptors (Lipinski definition) is 6. The number of hydrogen-bond donors (Lipinski definition) is 2. The zero-order valence-electron chi connectivity index (χ0n) is 18.4. The first-order chi connectivity index (χ1) is 15.3. The predicted octanol–water partition coefficient (Wildman–Crippen LogP) is 3.57. The molecule has 2 amide bonds. The van der Waals surface area contributed by atoms with E-state index in [1.807, 2.05) is 50.2 Å². The molecule has 0 saturated heterocycles. The van der Waals surface area contributed by atoms with Gasteiger partial charge in [-0.3, -0.25) is 9.59 Å². The third-order valence-corrected chi connectivity index (χ3v) is 4.83. The third kappa shape index (κ3) is 5.40. The van der Waals surface area contributed by atoms with Gasteiger partial charge in [0.25, 0.3) is 5.91 Å². The highest BCUT2D eigenvalue weighted by Gasteiger charge is 2.24. The van der Waals surface area contributed by atoms with E-state index in [4.69, 9.17) is 9.15 Å². The summed E-state index contributed by atoms with van der Waals surface area (Å²) >= 11 is 0. The van der Waals surface area contributed by atoms with Crippen molar-refractivity contribution < 1.29 is 23.5 Å². The zero-order valence-corrected chi connectivity index (χ0v) is 18.4. The molecule has 166 valence electrons. The van der Waals surface area contributed by atoms with Crippen molar-refractivity contribution in [2.45, 2.75) is 33.8 Å². The average molecular weight is 435 g/mol. The molecule has 0 spiro atoms. The van der Waals surface area contributed by atoms with Crippen LogP contribution in [0.15, 0.2) is 52.9 Å². The molecule has 0 bridgehead atoms. The smallest absolute Gasteiger partial charge is 0.361 e. The lowest BCUT2D eigenvalue weighted by Crippen LogP contribution is -2.40. The molecule has 1 atom stereocenters. The van der Waals surface area contributed by atoms with E-state index in [0.717, 1.165) is 16.7 Å². The Kier molecular flexibility index (Phi) is 7.04. The Morgan fingerprint density at radius 1 is 1.00 bits per heavy atom. The van der Waals surface area contributed by atoms with E-state index < -0.39 is 18.0 Å². The van der Waals surface area contributed by atoms with Crippen LogP contribution in [-0.4, -0.2) is 35.4 Å². The lowest BCUT2D eigenvalue weighted by atomic mass is 10.1. The summed E-state index contributed by atoms with van der Waals surface area (Å²) < 4.78 is 10.8. The number of aromatic nitrogens is 1. The van der Waals surface area contributed by atoms with Crippen molar-refractivity contribution in [3.05, 3.63) is 71.1 Å². The summed E-state index contributed by atoms with van der Waals surface area (Å²) in [6, 6.07) is 14.8. The molecule has 3 rings (SSSR count). The number of anilines is 1. The van der Waals surface area contributed by atoms with Crippen LogP contribution in [0.1, 0.15) is 34.3 Å². The van der Waals surface area contributed by atoms with Crippen molar-refractivity contribution in [1.29, 1.82) is 0 Å². The summed E-state index contributed by atoms with van der Waals surface area (Å²) in [6.45, 7) is 6.54. The molecule has 0 radical (unpaired) electrons. The highest BCUT2D eigenvalue weighted by Crippen LogP contribution is 2.22. The molecule has 0 aliphatic carbocycles. The van der Waals surface area contributed by atoms with Gasteiger partial charge in [0.05, 0.1) is 6.54 Å². The van der Waals surface area contributed by atoms with Gasteiger partial charge in [-0.1, -0.05) is 36.4 Å². The minimum Gasteiger partial charge on any atom is -0.448 e. The summed E-state index contributed by atoms with van der Waals surface area (Å²) in [5, 5.41) is 5.25. The monoisotopic (exact) mass is 435 g/mol. The van der Waals surface area contributed by atoms with E-state index >= 15 is 0 Å². The van der Waals surface area contributed by atoms with Crippen LogP contribution in [0, 0.1) is 20.8 Å². The summed E-state index contributed by atoms with van der Waals surface area (Å²) in [5.74, 6) is -1.19. The van der Waals surface area contributed by atoms with Crippen molar-refractivity contribution >= 4 is 23.5 Å². The molecule has 1 aromatic heterocycles. The van der Waals surface area contributed by atoms with Gasteiger partial charge >= 0.3 is 5.97 Å². The number of ether oxygens (including phenoxy) is 1. The number of para-hydroxylation sites is 1. The molecule has 2 N–H and O–H groups in total. The lowest BCUT2D eigenvalue weighted by molar-refractivity contribution is -0.130. The van der Waals surface area contributed by atoms with Gasteiger partial charge in [0.1, 0.15) is 5.76 Å². The van der Waals surface area contributed by atoms with Crippen LogP contribution in [0.2, 0.25) is 0 Å². The molecule has 1 heterocycles. The molecular formula is C24H25N3O5. The van der Waals surface area contributed by atoms with Gasteiger partial charge in [-0.2, -0.15) is 0 Å². The number of rotatable bonds is 7. The SMILES string of the molecule is Cc1cccc(C)c1NC(=O)CNC(=O)[C@H](C)OC(=O)c1nc(-c2ccccc2)oc1C. The number of nitrogens with one attached hydrogen (secondary N) is 2. The van der Waals surface area contributed by atoms with E-state index in [2.05, 4.69) is 15.6 Å². The summed E-state index contributed by atoms with van der Waals surface area (Å²) in [5.41, 5.74) is 3.27. The quantitative estimate of drug-likeness (QED) is 0.549. The molecule has 3 aromatic rings. The second-order valence-electron chi connectivity index (χ2n) is 7.37. The topological polar surface area (TPSA) is 111 Å². The fourth-order valence-electron chi connectivity index (χ4n) is 3.07. The van der Waals surface area contributed by atoms with Gasteiger partial charge in [0, 0.05) is 11.3 Å². The van der Waals surface area contributed by atoms with Crippen molar-refractivity contribution in [2.24, 2.45) is 0 Å². The molecule has 0 unspecified atom stereocenters. The Morgan fingerprint density at radius 3 is 2.31 bits per heavy atom. The average Bonchev–Trinajstić information content (AvgIpc) is 3.17. The summed E-state index contributed by atoms with van der Waals surface area (Å²) in [6.07, 6.45) is -1.12. The van der Waals surface area contributed by atoms with Gasteiger partial charge in [0.2, 0.25) is 11.8 Å².